The number of methoxy groups -OCH3 is 2. The predicted octanol–water partition coefficient (Wildman–Crippen LogP) is 3.56. The van der Waals surface area contributed by atoms with Gasteiger partial charge in [0, 0.05) is 30.2 Å². The molecule has 0 aliphatic rings. The lowest BCUT2D eigenvalue weighted by Gasteiger charge is -2.14. The molecule has 0 aliphatic heterocycles. The highest BCUT2D eigenvalue weighted by Gasteiger charge is 2.19. The Morgan fingerprint density at radius 1 is 1.07 bits per heavy atom. The summed E-state index contributed by atoms with van der Waals surface area (Å²) in [5.74, 6) is -1.75. The SMILES string of the molecule is CCn1cc(C(=O)NCc2ccc(C)c(F)c2F)c2cc(OC)c(OC)cc2c1=O. The van der Waals surface area contributed by atoms with E-state index in [-0.39, 0.29) is 34.2 Å². The van der Waals surface area contributed by atoms with Gasteiger partial charge in [-0.15, -0.1) is 0 Å². The highest BCUT2D eigenvalue weighted by molar-refractivity contribution is 6.07. The molecule has 0 aliphatic carbocycles. The van der Waals surface area contributed by atoms with Crippen LogP contribution in [0.25, 0.3) is 10.8 Å². The van der Waals surface area contributed by atoms with Crippen molar-refractivity contribution in [3.63, 3.8) is 0 Å². The van der Waals surface area contributed by atoms with Gasteiger partial charge in [-0.2, -0.15) is 0 Å². The van der Waals surface area contributed by atoms with Crippen molar-refractivity contribution in [1.82, 2.24) is 9.88 Å². The maximum Gasteiger partial charge on any atom is 0.258 e. The minimum Gasteiger partial charge on any atom is -0.493 e. The normalized spacial score (nSPS) is 10.9. The zero-order valence-electron chi connectivity index (χ0n) is 17.1. The number of hydrogen-bond acceptors (Lipinski definition) is 4. The molecule has 3 rings (SSSR count). The second-order valence-electron chi connectivity index (χ2n) is 6.74. The number of aryl methyl sites for hydroxylation is 2. The largest absolute Gasteiger partial charge is 0.493 e. The second kappa shape index (κ2) is 8.52. The Bertz CT molecular complexity index is 1190. The zero-order chi connectivity index (χ0) is 22.0. The minimum atomic E-state index is -0.995. The number of benzene rings is 2. The fourth-order valence-electron chi connectivity index (χ4n) is 3.23. The highest BCUT2D eigenvalue weighted by Crippen LogP contribution is 2.32. The van der Waals surface area contributed by atoms with Crippen LogP contribution in [-0.2, 0) is 13.1 Å². The van der Waals surface area contributed by atoms with Crippen molar-refractivity contribution in [3.05, 3.63) is 69.1 Å². The Morgan fingerprint density at radius 2 is 1.70 bits per heavy atom. The lowest BCUT2D eigenvalue weighted by molar-refractivity contribution is 0.0951. The number of carbonyl (C=O) groups excluding carboxylic acids is 1. The standard InChI is InChI=1S/C22H22F2N2O4/c1-5-26-11-16(14-8-17(29-3)18(30-4)9-15(14)22(26)28)21(27)25-10-13-7-6-12(2)19(23)20(13)24/h6-9,11H,5,10H2,1-4H3,(H,25,27). The van der Waals surface area contributed by atoms with E-state index in [0.717, 1.165) is 0 Å². The van der Waals surface area contributed by atoms with Crippen LogP contribution in [0.2, 0.25) is 0 Å². The lowest BCUT2D eigenvalue weighted by atomic mass is 10.0. The third-order valence-electron chi connectivity index (χ3n) is 4.97. The number of carbonyl (C=O) groups is 1. The molecule has 1 N–H and O–H groups in total. The molecular weight excluding hydrogens is 394 g/mol. The Kier molecular flexibility index (Phi) is 6.05. The van der Waals surface area contributed by atoms with Crippen LogP contribution in [0.5, 0.6) is 11.5 Å². The molecule has 0 spiro atoms. The number of aromatic nitrogens is 1. The monoisotopic (exact) mass is 416 g/mol. The molecule has 30 heavy (non-hydrogen) atoms. The van der Waals surface area contributed by atoms with Gasteiger partial charge in [-0.3, -0.25) is 9.59 Å². The van der Waals surface area contributed by atoms with E-state index in [1.807, 2.05) is 0 Å². The van der Waals surface area contributed by atoms with Crippen molar-refractivity contribution < 1.29 is 23.0 Å². The minimum absolute atomic E-state index is 0.0267. The Hall–Kier alpha value is -3.42. The number of pyridine rings is 1. The molecule has 1 heterocycles. The third kappa shape index (κ3) is 3.72. The van der Waals surface area contributed by atoms with E-state index in [4.69, 9.17) is 9.47 Å². The Balaban J connectivity index is 2.06. The van der Waals surface area contributed by atoms with E-state index in [9.17, 15) is 18.4 Å². The van der Waals surface area contributed by atoms with Crippen LogP contribution >= 0.6 is 0 Å². The summed E-state index contributed by atoms with van der Waals surface area (Å²) in [5.41, 5.74) is 0.139. The van der Waals surface area contributed by atoms with E-state index in [2.05, 4.69) is 5.32 Å². The number of halogens is 2. The first-order chi connectivity index (χ1) is 14.3. The van der Waals surface area contributed by atoms with Crippen LogP contribution in [0.3, 0.4) is 0 Å². The lowest BCUT2D eigenvalue weighted by Crippen LogP contribution is -2.27. The number of amides is 1. The van der Waals surface area contributed by atoms with Crippen LogP contribution in [0.15, 0.2) is 35.3 Å². The fourth-order valence-corrected chi connectivity index (χ4v) is 3.23. The van der Waals surface area contributed by atoms with Gasteiger partial charge in [0.25, 0.3) is 11.5 Å². The van der Waals surface area contributed by atoms with Gasteiger partial charge in [0.1, 0.15) is 0 Å². The van der Waals surface area contributed by atoms with Crippen molar-refractivity contribution in [2.75, 3.05) is 14.2 Å². The van der Waals surface area contributed by atoms with E-state index in [0.29, 0.717) is 23.4 Å². The first-order valence-electron chi connectivity index (χ1n) is 9.33. The van der Waals surface area contributed by atoms with Gasteiger partial charge in [0.05, 0.1) is 25.2 Å². The Morgan fingerprint density at radius 3 is 2.30 bits per heavy atom. The van der Waals surface area contributed by atoms with E-state index in [1.54, 1.807) is 13.0 Å². The summed E-state index contributed by atoms with van der Waals surface area (Å²) < 4.78 is 39.9. The quantitative estimate of drug-likeness (QED) is 0.667. The summed E-state index contributed by atoms with van der Waals surface area (Å²) >= 11 is 0. The highest BCUT2D eigenvalue weighted by atomic mass is 19.2. The first-order valence-corrected chi connectivity index (χ1v) is 9.33. The fraction of sp³-hybridized carbons (Fsp3) is 0.273. The molecular formula is C22H22F2N2O4. The van der Waals surface area contributed by atoms with Gasteiger partial charge < -0.3 is 19.4 Å². The smallest absolute Gasteiger partial charge is 0.258 e. The molecule has 0 saturated carbocycles. The molecule has 0 atom stereocenters. The molecule has 0 bridgehead atoms. The average molecular weight is 416 g/mol. The maximum absolute atomic E-state index is 14.1. The molecule has 158 valence electrons. The molecule has 2 aromatic carbocycles. The maximum atomic E-state index is 14.1. The Labute approximate surface area is 172 Å². The van der Waals surface area contributed by atoms with Crippen molar-refractivity contribution >= 4 is 16.7 Å². The summed E-state index contributed by atoms with van der Waals surface area (Å²) in [6.45, 7) is 3.38. The zero-order valence-corrected chi connectivity index (χ0v) is 17.1. The number of fused-ring (bicyclic) bond motifs is 1. The van der Waals surface area contributed by atoms with Gasteiger partial charge in [-0.05, 0) is 31.5 Å². The van der Waals surface area contributed by atoms with Crippen molar-refractivity contribution in [1.29, 1.82) is 0 Å². The summed E-state index contributed by atoms with van der Waals surface area (Å²) in [6.07, 6.45) is 1.44. The van der Waals surface area contributed by atoms with Gasteiger partial charge >= 0.3 is 0 Å². The van der Waals surface area contributed by atoms with E-state index in [1.165, 1.54) is 50.1 Å². The molecule has 8 heteroatoms. The van der Waals surface area contributed by atoms with Crippen LogP contribution < -0.4 is 20.3 Å². The summed E-state index contributed by atoms with van der Waals surface area (Å²) in [4.78, 5) is 25.7. The molecule has 3 aromatic rings. The van der Waals surface area contributed by atoms with Gasteiger partial charge in [0.15, 0.2) is 23.1 Å². The van der Waals surface area contributed by atoms with Gasteiger partial charge in [0.2, 0.25) is 0 Å². The third-order valence-corrected chi connectivity index (χ3v) is 4.97. The number of rotatable bonds is 6. The molecule has 0 unspecified atom stereocenters. The topological polar surface area (TPSA) is 69.6 Å². The molecule has 1 amide bonds. The van der Waals surface area contributed by atoms with Crippen LogP contribution in [-0.4, -0.2) is 24.7 Å². The molecule has 0 saturated heterocycles. The summed E-state index contributed by atoms with van der Waals surface area (Å²) in [6, 6.07) is 5.95. The molecule has 1 aromatic heterocycles. The molecule has 0 fully saturated rings. The van der Waals surface area contributed by atoms with E-state index >= 15 is 0 Å². The van der Waals surface area contributed by atoms with Crippen molar-refractivity contribution in [2.24, 2.45) is 0 Å². The molecule has 6 nitrogen and oxygen atoms in total. The first kappa shape index (κ1) is 21.3. The predicted molar refractivity (Wildman–Crippen MR) is 109 cm³/mol. The van der Waals surface area contributed by atoms with Crippen molar-refractivity contribution in [2.45, 2.75) is 26.9 Å². The number of nitrogens with one attached hydrogen (secondary N) is 1. The number of ether oxygens (including phenoxy) is 2. The van der Waals surface area contributed by atoms with Crippen LogP contribution in [0.4, 0.5) is 8.78 Å². The number of nitrogens with zero attached hydrogens (tertiary/aromatic N) is 1. The van der Waals surface area contributed by atoms with Crippen molar-refractivity contribution in [3.8, 4) is 11.5 Å². The molecule has 0 radical (unpaired) electrons. The number of hydrogen-bond donors (Lipinski definition) is 1. The average Bonchev–Trinajstić information content (AvgIpc) is 2.76. The van der Waals surface area contributed by atoms with Gasteiger partial charge in [-0.25, -0.2) is 8.78 Å². The summed E-state index contributed by atoms with van der Waals surface area (Å²) in [7, 11) is 2.90. The van der Waals surface area contributed by atoms with Crippen LogP contribution in [0.1, 0.15) is 28.4 Å². The second-order valence-corrected chi connectivity index (χ2v) is 6.74. The van der Waals surface area contributed by atoms with Crippen LogP contribution in [0, 0.1) is 18.6 Å². The summed E-state index contributed by atoms with van der Waals surface area (Å²) in [5, 5.41) is 3.26. The van der Waals surface area contributed by atoms with Gasteiger partial charge in [-0.1, -0.05) is 12.1 Å². The van der Waals surface area contributed by atoms with E-state index < -0.39 is 17.5 Å².